The van der Waals surface area contributed by atoms with E-state index in [2.05, 4.69) is 0 Å². The fraction of sp³-hybridized carbons (Fsp3) is 0.562. The van der Waals surface area contributed by atoms with Crippen LogP contribution in [0.2, 0.25) is 0 Å². The maximum absolute atomic E-state index is 12.7. The van der Waals surface area contributed by atoms with E-state index >= 15 is 0 Å². The van der Waals surface area contributed by atoms with Gasteiger partial charge >= 0.3 is 0 Å². The van der Waals surface area contributed by atoms with Crippen LogP contribution in [0.5, 0.6) is 0 Å². The van der Waals surface area contributed by atoms with Crippen LogP contribution in [0.25, 0.3) is 0 Å². The molecule has 1 aliphatic carbocycles. The molecule has 0 spiro atoms. The predicted octanol–water partition coefficient (Wildman–Crippen LogP) is 2.02. The van der Waals surface area contributed by atoms with Crippen LogP contribution in [0.15, 0.2) is 18.2 Å². The first-order valence-electron chi connectivity index (χ1n) is 7.72. The van der Waals surface area contributed by atoms with Crippen molar-refractivity contribution in [1.29, 1.82) is 0 Å². The molecule has 1 aliphatic heterocycles. The van der Waals surface area contributed by atoms with Crippen LogP contribution < -0.4 is 4.31 Å². The number of hydrogen-bond donors (Lipinski definition) is 0. The van der Waals surface area contributed by atoms with Gasteiger partial charge in [0.05, 0.1) is 11.9 Å². The first kappa shape index (κ1) is 15.3. The van der Waals surface area contributed by atoms with Crippen molar-refractivity contribution in [2.45, 2.75) is 45.2 Å². The van der Waals surface area contributed by atoms with Crippen LogP contribution in [0, 0.1) is 0 Å². The second kappa shape index (κ2) is 5.26. The molecule has 0 bridgehead atoms. The molecule has 1 saturated carbocycles. The van der Waals surface area contributed by atoms with Gasteiger partial charge in [-0.25, -0.2) is 8.42 Å². The zero-order valence-electron chi connectivity index (χ0n) is 13.2. The molecule has 120 valence electrons. The van der Waals surface area contributed by atoms with Crippen molar-refractivity contribution < 1.29 is 13.2 Å². The number of carbonyl (C=O) groups excluding carboxylic acids is 1. The molecule has 22 heavy (non-hydrogen) atoms. The zero-order chi connectivity index (χ0) is 16.1. The molecule has 2 aliphatic rings. The van der Waals surface area contributed by atoms with Crippen molar-refractivity contribution in [3.8, 4) is 0 Å². The summed E-state index contributed by atoms with van der Waals surface area (Å²) in [6.07, 6.45) is 4.04. The van der Waals surface area contributed by atoms with Gasteiger partial charge in [0.2, 0.25) is 10.0 Å². The minimum Gasteiger partial charge on any atom is -0.333 e. The minimum atomic E-state index is -3.24. The zero-order valence-corrected chi connectivity index (χ0v) is 14.1. The molecule has 0 atom stereocenters. The summed E-state index contributed by atoms with van der Waals surface area (Å²) in [5, 5.41) is 0. The summed E-state index contributed by atoms with van der Waals surface area (Å²) in [5.41, 5.74) is 2.31. The molecule has 6 heteroatoms. The van der Waals surface area contributed by atoms with E-state index in [9.17, 15) is 13.2 Å². The molecule has 0 radical (unpaired) electrons. The van der Waals surface area contributed by atoms with Gasteiger partial charge < -0.3 is 4.90 Å². The molecule has 1 aromatic rings. The number of sulfonamides is 1. The van der Waals surface area contributed by atoms with Gasteiger partial charge in [-0.2, -0.15) is 0 Å². The Kier molecular flexibility index (Phi) is 3.67. The monoisotopic (exact) mass is 322 g/mol. The molecule has 0 aromatic heterocycles. The summed E-state index contributed by atoms with van der Waals surface area (Å²) in [6.45, 7) is 4.53. The molecule has 5 nitrogen and oxygen atoms in total. The average molecular weight is 322 g/mol. The van der Waals surface area contributed by atoms with Crippen LogP contribution >= 0.6 is 0 Å². The Balaban J connectivity index is 1.90. The second-order valence-corrected chi connectivity index (χ2v) is 8.37. The van der Waals surface area contributed by atoms with Crippen molar-refractivity contribution in [3.05, 3.63) is 29.3 Å². The number of benzene rings is 1. The van der Waals surface area contributed by atoms with Gasteiger partial charge in [0.15, 0.2) is 0 Å². The highest BCUT2D eigenvalue weighted by Crippen LogP contribution is 2.33. The number of nitrogens with zero attached hydrogens (tertiary/aromatic N) is 2. The third-order valence-electron chi connectivity index (χ3n) is 4.31. The summed E-state index contributed by atoms with van der Waals surface area (Å²) in [6, 6.07) is 5.93. The lowest BCUT2D eigenvalue weighted by atomic mass is 10.1. The highest BCUT2D eigenvalue weighted by molar-refractivity contribution is 7.92. The lowest BCUT2D eigenvalue weighted by Crippen LogP contribution is -2.38. The van der Waals surface area contributed by atoms with E-state index in [1.807, 2.05) is 24.8 Å². The van der Waals surface area contributed by atoms with Crippen molar-refractivity contribution in [1.82, 2.24) is 4.90 Å². The Morgan fingerprint density at radius 2 is 2.00 bits per heavy atom. The standard InChI is InChI=1S/C16H22N2O3S/c1-11(2)18(14-5-6-14)16(19)13-4-7-15-12(10-13)8-9-17(15)22(3,20)21/h4,7,10-11,14H,5-6,8-9H2,1-3H3. The number of anilines is 1. The maximum Gasteiger partial charge on any atom is 0.254 e. The van der Waals surface area contributed by atoms with Crippen molar-refractivity contribution in [3.63, 3.8) is 0 Å². The van der Waals surface area contributed by atoms with Crippen molar-refractivity contribution in [2.24, 2.45) is 0 Å². The SMILES string of the molecule is CC(C)N(C(=O)c1ccc2c(c1)CCN2S(C)(=O)=O)C1CC1. The Bertz CT molecular complexity index is 706. The Morgan fingerprint density at radius 1 is 1.32 bits per heavy atom. The molecule has 3 rings (SSSR count). The van der Waals surface area contributed by atoms with E-state index in [1.54, 1.807) is 12.1 Å². The summed E-state index contributed by atoms with van der Waals surface area (Å²) in [4.78, 5) is 14.7. The average Bonchev–Trinajstić information content (AvgIpc) is 3.14. The Morgan fingerprint density at radius 3 is 2.55 bits per heavy atom. The van der Waals surface area contributed by atoms with Gasteiger partial charge in [0.25, 0.3) is 5.91 Å². The van der Waals surface area contributed by atoms with Crippen LogP contribution in [0.1, 0.15) is 42.6 Å². The predicted molar refractivity (Wildman–Crippen MR) is 86.7 cm³/mol. The van der Waals surface area contributed by atoms with E-state index in [-0.39, 0.29) is 11.9 Å². The number of amides is 1. The number of rotatable bonds is 4. The first-order valence-corrected chi connectivity index (χ1v) is 9.57. The maximum atomic E-state index is 12.7. The van der Waals surface area contributed by atoms with Gasteiger partial charge in [-0.3, -0.25) is 9.10 Å². The highest BCUT2D eigenvalue weighted by atomic mass is 32.2. The number of hydrogen-bond acceptors (Lipinski definition) is 3. The molecule has 0 unspecified atom stereocenters. The summed E-state index contributed by atoms with van der Waals surface area (Å²) in [7, 11) is -3.24. The minimum absolute atomic E-state index is 0.0538. The first-order chi connectivity index (χ1) is 10.3. The van der Waals surface area contributed by atoms with E-state index in [4.69, 9.17) is 0 Å². The summed E-state index contributed by atoms with van der Waals surface area (Å²) >= 11 is 0. The largest absolute Gasteiger partial charge is 0.333 e. The van der Waals surface area contributed by atoms with Crippen molar-refractivity contribution >= 4 is 21.6 Å². The van der Waals surface area contributed by atoms with E-state index in [0.717, 1.165) is 18.4 Å². The van der Waals surface area contributed by atoms with Gasteiger partial charge in [-0.15, -0.1) is 0 Å². The van der Waals surface area contributed by atoms with Crippen LogP contribution in [0.3, 0.4) is 0 Å². The van der Waals surface area contributed by atoms with Gasteiger partial charge in [0.1, 0.15) is 0 Å². The highest BCUT2D eigenvalue weighted by Gasteiger charge is 2.35. The van der Waals surface area contributed by atoms with Crippen molar-refractivity contribution in [2.75, 3.05) is 17.1 Å². The molecular weight excluding hydrogens is 300 g/mol. The molecule has 0 saturated heterocycles. The van der Waals surface area contributed by atoms with Crippen LogP contribution in [-0.4, -0.2) is 44.1 Å². The van der Waals surface area contributed by atoms with E-state index in [1.165, 1.54) is 10.6 Å². The fourth-order valence-electron chi connectivity index (χ4n) is 3.17. The van der Waals surface area contributed by atoms with Crippen LogP contribution in [-0.2, 0) is 16.4 Å². The topological polar surface area (TPSA) is 57.7 Å². The Hall–Kier alpha value is -1.56. The normalized spacial score (nSPS) is 17.7. The molecule has 1 aromatic carbocycles. The van der Waals surface area contributed by atoms with Gasteiger partial charge in [0, 0.05) is 24.2 Å². The lowest BCUT2D eigenvalue weighted by molar-refractivity contribution is 0.0690. The second-order valence-electron chi connectivity index (χ2n) is 6.47. The number of carbonyl (C=O) groups is 1. The third kappa shape index (κ3) is 2.72. The Labute approximate surface area is 132 Å². The molecule has 1 fully saturated rings. The summed E-state index contributed by atoms with van der Waals surface area (Å²) in [5.74, 6) is 0.0538. The van der Waals surface area contributed by atoms with E-state index in [0.29, 0.717) is 30.3 Å². The van der Waals surface area contributed by atoms with E-state index < -0.39 is 10.0 Å². The third-order valence-corrected chi connectivity index (χ3v) is 5.49. The fourth-order valence-corrected chi connectivity index (χ4v) is 4.13. The van der Waals surface area contributed by atoms with Crippen LogP contribution in [0.4, 0.5) is 5.69 Å². The van der Waals surface area contributed by atoms with Gasteiger partial charge in [-0.05, 0) is 56.9 Å². The molecule has 1 amide bonds. The smallest absolute Gasteiger partial charge is 0.254 e. The van der Waals surface area contributed by atoms with Gasteiger partial charge in [-0.1, -0.05) is 0 Å². The molecule has 1 heterocycles. The number of fused-ring (bicyclic) bond motifs is 1. The lowest BCUT2D eigenvalue weighted by Gasteiger charge is -2.27. The quantitative estimate of drug-likeness (QED) is 0.852. The molecule has 0 N–H and O–H groups in total. The molecular formula is C16H22N2O3S. The summed E-state index contributed by atoms with van der Waals surface area (Å²) < 4.78 is 24.9.